The van der Waals surface area contributed by atoms with Crippen molar-refractivity contribution in [3.05, 3.63) is 84.9 Å². The van der Waals surface area contributed by atoms with Crippen molar-refractivity contribution in [2.24, 2.45) is 0 Å². The highest BCUT2D eigenvalue weighted by Crippen LogP contribution is 2.37. The fourth-order valence-electron chi connectivity index (χ4n) is 4.21. The number of carbonyl (C=O) groups excluding carboxylic acids is 2. The highest BCUT2D eigenvalue weighted by molar-refractivity contribution is 5.93. The number of aromatic hydroxyl groups is 2. The highest BCUT2D eigenvalue weighted by atomic mass is 16.6. The van der Waals surface area contributed by atoms with Gasteiger partial charge in [-0.15, -0.1) is 0 Å². The van der Waals surface area contributed by atoms with Crippen molar-refractivity contribution < 1.29 is 34.0 Å². The third-order valence-corrected chi connectivity index (χ3v) is 6.51. The Morgan fingerprint density at radius 2 is 1.00 bits per heavy atom. The molecule has 0 unspecified atom stereocenters. The topological polar surface area (TPSA) is 126 Å². The van der Waals surface area contributed by atoms with Gasteiger partial charge in [-0.1, -0.05) is 51.0 Å². The molecule has 0 fully saturated rings. The summed E-state index contributed by atoms with van der Waals surface area (Å²) in [5, 5.41) is 25.1. The van der Waals surface area contributed by atoms with E-state index in [0.717, 1.165) is 36.8 Å². The maximum Gasteiger partial charge on any atom is 0.411 e. The van der Waals surface area contributed by atoms with Crippen LogP contribution in [0.1, 0.15) is 39.5 Å². The van der Waals surface area contributed by atoms with Crippen LogP contribution in [-0.4, -0.2) is 35.6 Å². The number of hydrogen-bond acceptors (Lipinski definition) is 7. The van der Waals surface area contributed by atoms with Gasteiger partial charge in [-0.25, -0.2) is 9.59 Å². The van der Waals surface area contributed by atoms with E-state index in [1.807, 2.05) is 13.8 Å². The van der Waals surface area contributed by atoms with E-state index >= 15 is 0 Å². The number of carbonyl (C=O) groups is 2. The molecule has 0 aliphatic rings. The van der Waals surface area contributed by atoms with Gasteiger partial charge in [0.25, 0.3) is 0 Å². The van der Waals surface area contributed by atoms with Gasteiger partial charge in [0.1, 0.15) is 23.0 Å². The Labute approximate surface area is 251 Å². The van der Waals surface area contributed by atoms with E-state index in [1.165, 1.54) is 0 Å². The number of amides is 2. The molecule has 0 aliphatic heterocycles. The predicted octanol–water partition coefficient (Wildman–Crippen LogP) is 8.92. The largest absolute Gasteiger partial charge is 0.508 e. The Bertz CT molecular complexity index is 1400. The van der Waals surface area contributed by atoms with Gasteiger partial charge in [0.2, 0.25) is 0 Å². The number of benzene rings is 4. The smallest absolute Gasteiger partial charge is 0.411 e. The van der Waals surface area contributed by atoms with Gasteiger partial charge in [-0.3, -0.25) is 10.6 Å². The number of ether oxygens (including phenoxy) is 3. The van der Waals surface area contributed by atoms with Crippen LogP contribution in [-0.2, 0) is 9.47 Å². The zero-order valence-electron chi connectivity index (χ0n) is 24.3. The SMILES string of the molecule is CCCCOC(=O)Nc1cc(Oc2ccc(-c3ccc(O)cc3)c(NC(=O)OCCCC)c2)ccc1-c1ccc(O)cc1. The molecule has 0 atom stereocenters. The average Bonchev–Trinajstić information content (AvgIpc) is 2.99. The van der Waals surface area contributed by atoms with Crippen molar-refractivity contribution >= 4 is 23.6 Å². The van der Waals surface area contributed by atoms with Crippen molar-refractivity contribution in [2.75, 3.05) is 23.8 Å². The fourth-order valence-corrected chi connectivity index (χ4v) is 4.21. The summed E-state index contributed by atoms with van der Waals surface area (Å²) in [6.45, 7) is 4.63. The third-order valence-electron chi connectivity index (χ3n) is 6.51. The molecular weight excluding hydrogens is 548 g/mol. The number of phenols is 2. The number of phenolic OH excluding ortho intramolecular Hbond substituents is 2. The molecule has 4 aromatic rings. The molecule has 0 radical (unpaired) electrons. The first-order chi connectivity index (χ1) is 20.9. The van der Waals surface area contributed by atoms with Crippen LogP contribution < -0.4 is 15.4 Å². The molecule has 0 saturated carbocycles. The molecule has 0 aliphatic carbocycles. The zero-order valence-corrected chi connectivity index (χ0v) is 24.3. The molecule has 0 bridgehead atoms. The summed E-state index contributed by atoms with van der Waals surface area (Å²) >= 11 is 0. The van der Waals surface area contributed by atoms with Gasteiger partial charge < -0.3 is 24.4 Å². The van der Waals surface area contributed by atoms with Crippen LogP contribution in [0.4, 0.5) is 21.0 Å². The van der Waals surface area contributed by atoms with Crippen molar-refractivity contribution in [3.63, 3.8) is 0 Å². The number of hydrogen-bond donors (Lipinski definition) is 4. The number of nitrogens with one attached hydrogen (secondary N) is 2. The van der Waals surface area contributed by atoms with Gasteiger partial charge in [0, 0.05) is 23.3 Å². The monoisotopic (exact) mass is 584 g/mol. The lowest BCUT2D eigenvalue weighted by Crippen LogP contribution is -2.15. The lowest BCUT2D eigenvalue weighted by molar-refractivity contribution is 0.159. The first kappa shape index (κ1) is 30.8. The van der Waals surface area contributed by atoms with Gasteiger partial charge in [0.05, 0.1) is 24.6 Å². The van der Waals surface area contributed by atoms with Crippen LogP contribution >= 0.6 is 0 Å². The summed E-state index contributed by atoms with van der Waals surface area (Å²) in [5.74, 6) is 1.12. The summed E-state index contributed by atoms with van der Waals surface area (Å²) < 4.78 is 16.8. The second-order valence-electron chi connectivity index (χ2n) is 9.84. The number of anilines is 2. The Hall–Kier alpha value is -5.18. The molecule has 4 aromatic carbocycles. The maximum absolute atomic E-state index is 12.5. The molecular formula is C34H36N2O7. The summed E-state index contributed by atoms with van der Waals surface area (Å²) in [5.41, 5.74) is 3.89. The summed E-state index contributed by atoms with van der Waals surface area (Å²) in [6, 6.07) is 23.8. The molecule has 2 amide bonds. The van der Waals surface area contributed by atoms with E-state index in [-0.39, 0.29) is 11.5 Å². The van der Waals surface area contributed by atoms with Gasteiger partial charge >= 0.3 is 12.2 Å². The molecule has 4 N–H and O–H groups in total. The lowest BCUT2D eigenvalue weighted by atomic mass is 10.0. The van der Waals surface area contributed by atoms with Gasteiger partial charge in [-0.2, -0.15) is 0 Å². The molecule has 43 heavy (non-hydrogen) atoms. The first-order valence-electron chi connectivity index (χ1n) is 14.3. The van der Waals surface area contributed by atoms with E-state index in [4.69, 9.17) is 14.2 Å². The highest BCUT2D eigenvalue weighted by Gasteiger charge is 2.15. The van der Waals surface area contributed by atoms with E-state index in [9.17, 15) is 19.8 Å². The molecule has 0 aromatic heterocycles. The molecule has 9 nitrogen and oxygen atoms in total. The van der Waals surface area contributed by atoms with Crippen LogP contribution in [0.3, 0.4) is 0 Å². The van der Waals surface area contributed by atoms with Crippen molar-refractivity contribution in [3.8, 4) is 45.3 Å². The van der Waals surface area contributed by atoms with Gasteiger partial charge in [0.15, 0.2) is 0 Å². The Morgan fingerprint density at radius 3 is 1.37 bits per heavy atom. The Morgan fingerprint density at radius 1 is 0.605 bits per heavy atom. The second-order valence-corrected chi connectivity index (χ2v) is 9.84. The first-order valence-corrected chi connectivity index (χ1v) is 14.3. The normalized spacial score (nSPS) is 10.6. The summed E-state index contributed by atoms with van der Waals surface area (Å²) in [4.78, 5) is 25.1. The van der Waals surface area contributed by atoms with E-state index in [1.54, 1.807) is 84.9 Å². The van der Waals surface area contributed by atoms with E-state index < -0.39 is 12.2 Å². The van der Waals surface area contributed by atoms with Gasteiger partial charge in [-0.05, 0) is 72.5 Å². The quantitative estimate of drug-likeness (QED) is 0.122. The molecule has 0 saturated heterocycles. The van der Waals surface area contributed by atoms with E-state index in [0.29, 0.717) is 47.2 Å². The summed E-state index contributed by atoms with van der Waals surface area (Å²) in [6.07, 6.45) is 2.13. The van der Waals surface area contributed by atoms with Crippen LogP contribution in [0.2, 0.25) is 0 Å². The molecule has 0 spiro atoms. The minimum Gasteiger partial charge on any atom is -0.508 e. The molecule has 4 rings (SSSR count). The van der Waals surface area contributed by atoms with Crippen LogP contribution in [0.5, 0.6) is 23.0 Å². The lowest BCUT2D eigenvalue weighted by Gasteiger charge is -2.16. The van der Waals surface area contributed by atoms with Crippen molar-refractivity contribution in [2.45, 2.75) is 39.5 Å². The number of rotatable bonds is 12. The Kier molecular flexibility index (Phi) is 10.9. The minimum absolute atomic E-state index is 0.131. The fraction of sp³-hybridized carbons (Fsp3) is 0.235. The molecule has 9 heteroatoms. The maximum atomic E-state index is 12.5. The second kappa shape index (κ2) is 15.2. The van der Waals surface area contributed by atoms with Crippen LogP contribution in [0, 0.1) is 0 Å². The Balaban J connectivity index is 1.63. The molecule has 0 heterocycles. The zero-order chi connectivity index (χ0) is 30.6. The van der Waals surface area contributed by atoms with Crippen molar-refractivity contribution in [1.82, 2.24) is 0 Å². The minimum atomic E-state index is -0.586. The standard InChI is InChI=1S/C34H36N2O7/c1-3-5-19-41-33(39)35-31-21-27(15-17-29(31)23-7-11-25(37)12-8-23)43-28-16-18-30(24-9-13-26(38)14-10-24)32(22-28)36-34(40)42-20-6-4-2/h7-18,21-22,37-38H,3-6,19-20H2,1-2H3,(H,35,39)(H,36,40). The third kappa shape index (κ3) is 8.90. The van der Waals surface area contributed by atoms with Crippen LogP contribution in [0.25, 0.3) is 22.3 Å². The van der Waals surface area contributed by atoms with Crippen LogP contribution in [0.15, 0.2) is 84.9 Å². The average molecular weight is 585 g/mol. The summed E-state index contributed by atoms with van der Waals surface area (Å²) in [7, 11) is 0. The molecule has 224 valence electrons. The van der Waals surface area contributed by atoms with Crippen molar-refractivity contribution in [1.29, 1.82) is 0 Å². The van der Waals surface area contributed by atoms with E-state index in [2.05, 4.69) is 10.6 Å². The predicted molar refractivity (Wildman–Crippen MR) is 167 cm³/mol. The number of unbranched alkanes of at least 4 members (excludes halogenated alkanes) is 2.